The van der Waals surface area contributed by atoms with Crippen LogP contribution in [0.2, 0.25) is 0 Å². The number of rotatable bonds is 5. The van der Waals surface area contributed by atoms with Gasteiger partial charge in [0.15, 0.2) is 0 Å². The number of nitrogens with one attached hydrogen (secondary N) is 3. The van der Waals surface area contributed by atoms with Crippen LogP contribution in [0.15, 0.2) is 46.3 Å². The average molecular weight is 449 g/mol. The van der Waals surface area contributed by atoms with Crippen LogP contribution in [-0.2, 0) is 16.8 Å². The Morgan fingerprint density at radius 2 is 1.97 bits per heavy atom. The Morgan fingerprint density at radius 3 is 2.65 bits per heavy atom. The molecule has 3 aromatic rings. The van der Waals surface area contributed by atoms with Gasteiger partial charge in [0.25, 0.3) is 5.56 Å². The average Bonchev–Trinajstić information content (AvgIpc) is 3.23. The van der Waals surface area contributed by atoms with Crippen LogP contribution in [-0.4, -0.2) is 31.5 Å². The predicted molar refractivity (Wildman–Crippen MR) is 119 cm³/mol. The third-order valence-corrected chi connectivity index (χ3v) is 7.87. The first-order chi connectivity index (χ1) is 14.6. The Kier molecular flexibility index (Phi) is 5.41. The van der Waals surface area contributed by atoms with Gasteiger partial charge in [-0.2, -0.15) is 0 Å². The number of H-pyrrole nitrogens is 1. The van der Waals surface area contributed by atoms with Gasteiger partial charge in [0.2, 0.25) is 5.92 Å². The highest BCUT2D eigenvalue weighted by atomic mass is 32.2. The summed E-state index contributed by atoms with van der Waals surface area (Å²) >= 11 is 0. The van der Waals surface area contributed by atoms with E-state index < -0.39 is 15.7 Å². The normalized spacial score (nSPS) is 18.7. The van der Waals surface area contributed by atoms with Crippen molar-refractivity contribution in [2.45, 2.75) is 49.5 Å². The van der Waals surface area contributed by atoms with Gasteiger partial charge in [0.05, 0.1) is 9.73 Å². The number of anilines is 1. The molecule has 1 aromatic carbocycles. The van der Waals surface area contributed by atoms with E-state index in [4.69, 9.17) is 4.78 Å². The summed E-state index contributed by atoms with van der Waals surface area (Å²) in [6.07, 6.45) is 3.80. The Bertz CT molecular complexity index is 1280. The summed E-state index contributed by atoms with van der Waals surface area (Å²) in [6, 6.07) is 6.86. The smallest absolute Gasteiger partial charge is 0.274 e. The fraction of sp³-hybridized carbons (Fsp3) is 0.409. The molecule has 1 atom stereocenters. The molecule has 2 heterocycles. The molecule has 166 valence electrons. The molecular weight excluding hydrogens is 422 g/mol. The van der Waals surface area contributed by atoms with Crippen LogP contribution < -0.4 is 10.9 Å². The van der Waals surface area contributed by atoms with E-state index in [1.54, 1.807) is 44.6 Å². The lowest BCUT2D eigenvalue weighted by molar-refractivity contribution is -0.0360. The molecule has 2 aromatic heterocycles. The summed E-state index contributed by atoms with van der Waals surface area (Å²) in [5, 5.41) is 4.10. The highest BCUT2D eigenvalue weighted by molar-refractivity contribution is 7.92. The lowest BCUT2D eigenvalue weighted by Crippen LogP contribution is -2.32. The second-order valence-corrected chi connectivity index (χ2v) is 10.6. The maximum Gasteiger partial charge on any atom is 0.274 e. The number of hydrogen-bond acceptors (Lipinski definition) is 4. The molecule has 6 nitrogen and oxygen atoms in total. The summed E-state index contributed by atoms with van der Waals surface area (Å²) in [5.41, 5.74) is 2.45. The van der Waals surface area contributed by atoms with E-state index in [9.17, 15) is 17.8 Å². The highest BCUT2D eigenvalue weighted by Gasteiger charge is 2.35. The zero-order valence-electron chi connectivity index (χ0n) is 17.5. The molecule has 1 aliphatic carbocycles. The molecule has 9 heteroatoms. The van der Waals surface area contributed by atoms with Crippen LogP contribution in [0.3, 0.4) is 0 Å². The maximum absolute atomic E-state index is 13.6. The fourth-order valence-corrected chi connectivity index (χ4v) is 5.06. The van der Waals surface area contributed by atoms with E-state index in [1.807, 2.05) is 6.07 Å². The third-order valence-electron chi connectivity index (χ3n) is 6.04. The molecule has 3 N–H and O–H groups in total. The lowest BCUT2D eigenvalue weighted by atomic mass is 9.91. The minimum Gasteiger partial charge on any atom is -0.382 e. The first-order valence-corrected chi connectivity index (χ1v) is 12.1. The van der Waals surface area contributed by atoms with E-state index in [-0.39, 0.29) is 30.2 Å². The van der Waals surface area contributed by atoms with E-state index in [0.717, 1.165) is 5.56 Å². The standard InChI is InChI=1S/C22H26F2N4O2S/c1-3-31(25,30)15-4-5-19(27-14-6-9-22(23,24)10-7-14)17(12-15)18-13-28(2)21(29)20-16(18)8-11-26-20/h4-5,8,11-14,25-27H,3,6-7,9-10H2,1-2H3. The largest absolute Gasteiger partial charge is 0.382 e. The molecule has 0 amide bonds. The lowest BCUT2D eigenvalue weighted by Gasteiger charge is -2.30. The first-order valence-electron chi connectivity index (χ1n) is 10.3. The van der Waals surface area contributed by atoms with E-state index >= 15 is 0 Å². The third kappa shape index (κ3) is 4.11. The van der Waals surface area contributed by atoms with Crippen LogP contribution in [0, 0.1) is 4.78 Å². The number of pyridine rings is 1. The van der Waals surface area contributed by atoms with Crippen LogP contribution >= 0.6 is 0 Å². The number of benzene rings is 1. The number of aryl methyl sites for hydroxylation is 1. The predicted octanol–water partition coefficient (Wildman–Crippen LogP) is 4.95. The van der Waals surface area contributed by atoms with Crippen molar-refractivity contribution in [1.29, 1.82) is 4.78 Å². The Balaban J connectivity index is 1.85. The van der Waals surface area contributed by atoms with Gasteiger partial charge in [-0.15, -0.1) is 0 Å². The number of hydrogen-bond donors (Lipinski definition) is 3. The van der Waals surface area contributed by atoms with Crippen molar-refractivity contribution in [3.8, 4) is 11.1 Å². The summed E-state index contributed by atoms with van der Waals surface area (Å²) in [7, 11) is -1.30. The number of nitrogens with zero attached hydrogens (tertiary/aromatic N) is 1. The quantitative estimate of drug-likeness (QED) is 0.516. The summed E-state index contributed by atoms with van der Waals surface area (Å²) < 4.78 is 49.6. The van der Waals surface area contributed by atoms with Gasteiger partial charge < -0.3 is 14.9 Å². The number of halogens is 2. The molecule has 1 unspecified atom stereocenters. The second kappa shape index (κ2) is 7.78. The number of aromatic nitrogens is 2. The van der Waals surface area contributed by atoms with Gasteiger partial charge in [-0.1, -0.05) is 6.92 Å². The Hall–Kier alpha value is -2.68. The molecule has 1 fully saturated rings. The zero-order valence-corrected chi connectivity index (χ0v) is 18.3. The van der Waals surface area contributed by atoms with E-state index in [0.29, 0.717) is 39.9 Å². The van der Waals surface area contributed by atoms with Crippen LogP contribution in [0.4, 0.5) is 14.5 Å². The summed E-state index contributed by atoms with van der Waals surface area (Å²) in [4.78, 5) is 15.9. The number of aromatic amines is 1. The van der Waals surface area contributed by atoms with Crippen molar-refractivity contribution >= 4 is 26.3 Å². The number of fused-ring (bicyclic) bond motifs is 1. The molecule has 0 spiro atoms. The zero-order chi connectivity index (χ0) is 22.4. The van der Waals surface area contributed by atoms with Crippen molar-refractivity contribution < 1.29 is 13.0 Å². The molecule has 0 radical (unpaired) electrons. The van der Waals surface area contributed by atoms with Crippen LogP contribution in [0.1, 0.15) is 32.6 Å². The summed E-state index contributed by atoms with van der Waals surface area (Å²) in [5.74, 6) is -2.43. The molecule has 0 aliphatic heterocycles. The van der Waals surface area contributed by atoms with Gasteiger partial charge in [-0.25, -0.2) is 17.8 Å². The highest BCUT2D eigenvalue weighted by Crippen LogP contribution is 2.38. The van der Waals surface area contributed by atoms with E-state index in [1.165, 1.54) is 4.57 Å². The molecule has 1 saturated carbocycles. The van der Waals surface area contributed by atoms with Crippen molar-refractivity contribution in [3.63, 3.8) is 0 Å². The SMILES string of the molecule is CCS(=N)(=O)c1ccc(NC2CCC(F)(F)CC2)c(-c2cn(C)c(=O)c3[nH]ccc23)c1. The van der Waals surface area contributed by atoms with E-state index in [2.05, 4.69) is 10.3 Å². The summed E-state index contributed by atoms with van der Waals surface area (Å²) in [6.45, 7) is 1.71. The first kappa shape index (κ1) is 21.5. The number of alkyl halides is 2. The van der Waals surface area contributed by atoms with Crippen molar-refractivity contribution in [3.05, 3.63) is 47.0 Å². The molecular formula is C22H26F2N4O2S. The van der Waals surface area contributed by atoms with Gasteiger partial charge in [-0.3, -0.25) is 4.79 Å². The van der Waals surface area contributed by atoms with Gasteiger partial charge >= 0.3 is 0 Å². The molecule has 0 bridgehead atoms. The van der Waals surface area contributed by atoms with Crippen molar-refractivity contribution in [1.82, 2.24) is 9.55 Å². The van der Waals surface area contributed by atoms with Crippen LogP contribution in [0.25, 0.3) is 22.0 Å². The minimum atomic E-state index is -2.96. The molecule has 1 aliphatic rings. The molecule has 0 saturated heterocycles. The van der Waals surface area contributed by atoms with Gasteiger partial charge in [0.1, 0.15) is 5.52 Å². The molecule has 31 heavy (non-hydrogen) atoms. The molecule has 4 rings (SSSR count). The fourth-order valence-electron chi connectivity index (χ4n) is 4.13. The monoisotopic (exact) mass is 448 g/mol. The van der Waals surface area contributed by atoms with Crippen molar-refractivity contribution in [2.24, 2.45) is 7.05 Å². The second-order valence-electron chi connectivity index (χ2n) is 8.17. The topological polar surface area (TPSA) is 90.7 Å². The Morgan fingerprint density at radius 1 is 1.26 bits per heavy atom. The van der Waals surface area contributed by atoms with Crippen LogP contribution in [0.5, 0.6) is 0 Å². The van der Waals surface area contributed by atoms with Gasteiger partial charge in [-0.05, 0) is 37.1 Å². The van der Waals surface area contributed by atoms with Gasteiger partial charge in [0, 0.05) is 71.2 Å². The van der Waals surface area contributed by atoms with Crippen molar-refractivity contribution in [2.75, 3.05) is 11.1 Å². The maximum atomic E-state index is 13.6. The minimum absolute atomic E-state index is 0.106. The Labute approximate surface area is 179 Å².